The molecule has 0 spiro atoms. The molecule has 0 unspecified atom stereocenters. The van der Waals surface area contributed by atoms with Gasteiger partial charge in [-0.1, -0.05) is 18.6 Å². The van der Waals surface area contributed by atoms with Crippen molar-refractivity contribution in [3.05, 3.63) is 88.5 Å². The van der Waals surface area contributed by atoms with Gasteiger partial charge < -0.3 is 5.11 Å². The number of halogens is 3. The maximum Gasteiger partial charge on any atom is 0.129 e. The van der Waals surface area contributed by atoms with Crippen LogP contribution in [0.1, 0.15) is 43.0 Å². The van der Waals surface area contributed by atoms with Crippen LogP contribution >= 0.6 is 0 Å². The molecule has 166 valence electrons. The van der Waals surface area contributed by atoms with Gasteiger partial charge in [0.25, 0.3) is 0 Å². The zero-order valence-corrected chi connectivity index (χ0v) is 17.9. The van der Waals surface area contributed by atoms with Gasteiger partial charge >= 0.3 is 0 Å². The molecular weight excluding hydrogens is 413 g/mol. The van der Waals surface area contributed by atoms with E-state index in [0.29, 0.717) is 5.56 Å². The summed E-state index contributed by atoms with van der Waals surface area (Å²) in [6.07, 6.45) is 6.86. The van der Waals surface area contributed by atoms with Crippen LogP contribution in [0.4, 0.5) is 13.2 Å². The molecule has 3 atom stereocenters. The van der Waals surface area contributed by atoms with Gasteiger partial charge in [-0.2, -0.15) is 5.10 Å². The van der Waals surface area contributed by atoms with Crippen LogP contribution in [0.3, 0.4) is 0 Å². The van der Waals surface area contributed by atoms with Crippen molar-refractivity contribution in [2.24, 2.45) is 11.3 Å². The molecule has 1 heterocycles. The van der Waals surface area contributed by atoms with E-state index in [0.717, 1.165) is 48.7 Å². The van der Waals surface area contributed by atoms with Crippen LogP contribution in [0.25, 0.3) is 11.8 Å². The molecule has 0 aliphatic heterocycles. The van der Waals surface area contributed by atoms with E-state index in [1.165, 1.54) is 29.8 Å². The van der Waals surface area contributed by atoms with E-state index in [4.69, 9.17) is 0 Å². The summed E-state index contributed by atoms with van der Waals surface area (Å²) < 4.78 is 42.6. The third kappa shape index (κ3) is 3.56. The molecule has 1 aromatic heterocycles. The van der Waals surface area contributed by atoms with Crippen molar-refractivity contribution >= 4 is 6.08 Å². The van der Waals surface area contributed by atoms with E-state index in [1.54, 1.807) is 12.1 Å². The molecule has 32 heavy (non-hydrogen) atoms. The lowest BCUT2D eigenvalue weighted by Gasteiger charge is -2.47. The number of aliphatic hydroxyl groups is 1. The summed E-state index contributed by atoms with van der Waals surface area (Å²) in [4.78, 5) is 0. The number of rotatable bonds is 4. The first-order valence-corrected chi connectivity index (χ1v) is 11.0. The summed E-state index contributed by atoms with van der Waals surface area (Å²) in [6, 6.07) is 9.78. The molecule has 2 aromatic carbocycles. The first kappa shape index (κ1) is 21.0. The largest absolute Gasteiger partial charge is 0.392 e. The lowest BCUT2D eigenvalue weighted by molar-refractivity contribution is 0.0229. The molecule has 0 amide bonds. The predicted molar refractivity (Wildman–Crippen MR) is 117 cm³/mol. The van der Waals surface area contributed by atoms with Crippen molar-refractivity contribution in [1.29, 1.82) is 0 Å². The van der Waals surface area contributed by atoms with Crippen molar-refractivity contribution < 1.29 is 18.3 Å². The van der Waals surface area contributed by atoms with E-state index < -0.39 is 17.7 Å². The molecule has 0 saturated heterocycles. The van der Waals surface area contributed by atoms with Gasteiger partial charge in [-0.3, -0.25) is 0 Å². The Labute approximate surface area is 185 Å². The third-order valence-corrected chi connectivity index (χ3v) is 7.25. The summed E-state index contributed by atoms with van der Waals surface area (Å²) in [5, 5.41) is 15.7. The minimum Gasteiger partial charge on any atom is -0.392 e. The number of aliphatic hydroxyl groups excluding tert-OH is 1. The normalized spacial score (nSPS) is 23.3. The Morgan fingerprint density at radius 1 is 1.12 bits per heavy atom. The first-order valence-electron chi connectivity index (χ1n) is 11.0. The van der Waals surface area contributed by atoms with Crippen molar-refractivity contribution in [2.75, 3.05) is 0 Å². The topological polar surface area (TPSA) is 38.0 Å². The summed E-state index contributed by atoms with van der Waals surface area (Å²) in [5.41, 5.74) is 4.18. The summed E-state index contributed by atoms with van der Waals surface area (Å²) in [6.45, 7) is 2.17. The fourth-order valence-electron chi connectivity index (χ4n) is 5.54. The summed E-state index contributed by atoms with van der Waals surface area (Å²) in [5.74, 6) is -1.57. The molecule has 2 aliphatic rings. The molecule has 5 rings (SSSR count). The minimum atomic E-state index is -0.739. The molecule has 1 fully saturated rings. The van der Waals surface area contributed by atoms with Crippen LogP contribution in [-0.4, -0.2) is 21.0 Å². The molecule has 2 aliphatic carbocycles. The zero-order valence-electron chi connectivity index (χ0n) is 17.9. The first-order chi connectivity index (χ1) is 15.3. The minimum absolute atomic E-state index is 0.0470. The lowest BCUT2D eigenvalue weighted by atomic mass is 9.58. The average molecular weight is 438 g/mol. The number of allylic oxidation sites excluding steroid dienone is 1. The Bertz CT molecular complexity index is 1180. The van der Waals surface area contributed by atoms with Gasteiger partial charge in [0.05, 0.1) is 23.7 Å². The third-order valence-electron chi connectivity index (χ3n) is 7.25. The fraction of sp³-hybridized carbons (Fsp3) is 0.346. The summed E-state index contributed by atoms with van der Waals surface area (Å²) >= 11 is 0. The van der Waals surface area contributed by atoms with Crippen LogP contribution in [-0.2, 0) is 12.8 Å². The zero-order chi connectivity index (χ0) is 22.5. The van der Waals surface area contributed by atoms with Crippen molar-refractivity contribution in [1.82, 2.24) is 9.78 Å². The maximum absolute atomic E-state index is 14.2. The van der Waals surface area contributed by atoms with Crippen LogP contribution in [0, 0.1) is 28.8 Å². The highest BCUT2D eigenvalue weighted by atomic mass is 19.1. The highest BCUT2D eigenvalue weighted by Gasteiger charge is 2.46. The van der Waals surface area contributed by atoms with Gasteiger partial charge in [-0.05, 0) is 84.6 Å². The van der Waals surface area contributed by atoms with Crippen LogP contribution in [0.2, 0.25) is 0 Å². The molecule has 3 aromatic rings. The quantitative estimate of drug-likeness (QED) is 0.573. The van der Waals surface area contributed by atoms with E-state index in [1.807, 2.05) is 10.9 Å². The van der Waals surface area contributed by atoms with Crippen LogP contribution < -0.4 is 0 Å². The SMILES string of the molecule is C[C@]12Cc3cnn(-c4ccc(F)cc4)c3C=C1CCC[C@@H]2[C@@H](O)Cc1ccc(F)cc1F. The number of hydrogen-bond donors (Lipinski definition) is 1. The van der Waals surface area contributed by atoms with Gasteiger partial charge in [-0.25, -0.2) is 17.9 Å². The van der Waals surface area contributed by atoms with E-state index >= 15 is 0 Å². The molecule has 0 bridgehead atoms. The molecule has 0 radical (unpaired) electrons. The predicted octanol–water partition coefficient (Wildman–Crippen LogP) is 5.64. The van der Waals surface area contributed by atoms with Gasteiger partial charge in [0.1, 0.15) is 17.5 Å². The van der Waals surface area contributed by atoms with E-state index in [9.17, 15) is 18.3 Å². The summed E-state index contributed by atoms with van der Waals surface area (Å²) in [7, 11) is 0. The number of nitrogens with zero attached hydrogens (tertiary/aromatic N) is 2. The molecular formula is C26H25F3N2O. The molecule has 3 nitrogen and oxygen atoms in total. The number of hydrogen-bond acceptors (Lipinski definition) is 2. The second kappa shape index (κ2) is 7.93. The second-order valence-electron chi connectivity index (χ2n) is 9.21. The highest BCUT2D eigenvalue weighted by molar-refractivity contribution is 5.61. The number of aromatic nitrogens is 2. The average Bonchev–Trinajstić information content (AvgIpc) is 3.15. The van der Waals surface area contributed by atoms with E-state index in [2.05, 4.69) is 18.1 Å². The van der Waals surface area contributed by atoms with Crippen LogP contribution in [0.5, 0.6) is 0 Å². The van der Waals surface area contributed by atoms with E-state index in [-0.39, 0.29) is 23.6 Å². The Kier molecular flexibility index (Phi) is 5.20. The lowest BCUT2D eigenvalue weighted by Crippen LogP contribution is -2.44. The maximum atomic E-state index is 14.2. The molecule has 1 saturated carbocycles. The Morgan fingerprint density at radius 3 is 2.62 bits per heavy atom. The Hall–Kier alpha value is -2.86. The Balaban J connectivity index is 1.45. The van der Waals surface area contributed by atoms with Gasteiger partial charge in [0.2, 0.25) is 0 Å². The van der Waals surface area contributed by atoms with Gasteiger partial charge in [-0.15, -0.1) is 0 Å². The van der Waals surface area contributed by atoms with Gasteiger partial charge in [0.15, 0.2) is 0 Å². The number of fused-ring (bicyclic) bond motifs is 2. The van der Waals surface area contributed by atoms with Crippen molar-refractivity contribution in [3.63, 3.8) is 0 Å². The number of benzene rings is 2. The monoisotopic (exact) mass is 438 g/mol. The van der Waals surface area contributed by atoms with Crippen molar-refractivity contribution in [2.45, 2.75) is 45.1 Å². The van der Waals surface area contributed by atoms with Gasteiger partial charge in [0, 0.05) is 12.5 Å². The molecule has 6 heteroatoms. The fourth-order valence-corrected chi connectivity index (χ4v) is 5.54. The highest BCUT2D eigenvalue weighted by Crippen LogP contribution is 2.52. The molecule has 1 N–H and O–H groups in total. The van der Waals surface area contributed by atoms with Crippen molar-refractivity contribution in [3.8, 4) is 5.69 Å². The second-order valence-corrected chi connectivity index (χ2v) is 9.21. The van der Waals surface area contributed by atoms with Crippen LogP contribution in [0.15, 0.2) is 54.2 Å². The Morgan fingerprint density at radius 2 is 1.88 bits per heavy atom. The standard InChI is InChI=1S/C26H25F3N2O/c1-26-14-17-15-30-31(21-9-7-19(27)8-10-21)24(17)12-18(26)3-2-4-22(26)25(32)11-16-5-6-20(28)13-23(16)29/h5-10,12-13,15,22,25,32H,2-4,11,14H2,1H3/t22-,25+,26+/m1/s1. The smallest absolute Gasteiger partial charge is 0.129 e.